The molecule has 2 heterocycles. The van der Waals surface area contributed by atoms with E-state index < -0.39 is 0 Å². The van der Waals surface area contributed by atoms with Gasteiger partial charge in [0.25, 0.3) is 0 Å². The van der Waals surface area contributed by atoms with E-state index in [4.69, 9.17) is 9.51 Å². The quantitative estimate of drug-likeness (QED) is 0.910. The van der Waals surface area contributed by atoms with Crippen LogP contribution in [0.5, 0.6) is 0 Å². The molecule has 0 radical (unpaired) electrons. The Morgan fingerprint density at radius 3 is 3.05 bits per heavy atom. The first-order valence-electron chi connectivity index (χ1n) is 7.76. The van der Waals surface area contributed by atoms with E-state index >= 15 is 0 Å². The second kappa shape index (κ2) is 5.23. The van der Waals surface area contributed by atoms with Crippen LogP contribution in [0.3, 0.4) is 0 Å². The molecule has 0 bridgehead atoms. The fourth-order valence-electron chi connectivity index (χ4n) is 3.54. The Morgan fingerprint density at radius 1 is 1.42 bits per heavy atom. The second-order valence-corrected chi connectivity index (χ2v) is 6.58. The van der Waals surface area contributed by atoms with Crippen LogP contribution < -0.4 is 5.32 Å². The minimum Gasteiger partial charge on any atom is -0.339 e. The van der Waals surface area contributed by atoms with Crippen LogP contribution in [-0.2, 0) is 5.41 Å². The normalized spacial score (nSPS) is 35.7. The van der Waals surface area contributed by atoms with Crippen molar-refractivity contribution in [3.63, 3.8) is 0 Å². The van der Waals surface area contributed by atoms with Gasteiger partial charge in [-0.1, -0.05) is 31.3 Å². The molecule has 2 fully saturated rings. The highest BCUT2D eigenvalue weighted by Crippen LogP contribution is 2.37. The highest BCUT2D eigenvalue weighted by molar-refractivity contribution is 5.09. The summed E-state index contributed by atoms with van der Waals surface area (Å²) in [5.74, 6) is 3.17. The molecule has 3 atom stereocenters. The lowest BCUT2D eigenvalue weighted by Crippen LogP contribution is -2.25. The van der Waals surface area contributed by atoms with E-state index in [0.29, 0.717) is 5.92 Å². The van der Waals surface area contributed by atoms with Crippen molar-refractivity contribution in [1.29, 1.82) is 0 Å². The monoisotopic (exact) mass is 263 g/mol. The topological polar surface area (TPSA) is 51.0 Å². The lowest BCUT2D eigenvalue weighted by atomic mass is 9.80. The van der Waals surface area contributed by atoms with Gasteiger partial charge in [-0.15, -0.1) is 0 Å². The molecule has 0 aromatic carbocycles. The number of hydrogen-bond acceptors (Lipinski definition) is 4. The molecule has 1 aromatic rings. The zero-order chi connectivity index (χ0) is 13.3. The molecule has 1 saturated heterocycles. The van der Waals surface area contributed by atoms with Crippen LogP contribution >= 0.6 is 0 Å². The largest absolute Gasteiger partial charge is 0.339 e. The van der Waals surface area contributed by atoms with Crippen LogP contribution in [0, 0.1) is 5.92 Å². The Kier molecular flexibility index (Phi) is 3.61. The fraction of sp³-hybridized carbons (Fsp3) is 0.867. The highest BCUT2D eigenvalue weighted by atomic mass is 16.5. The predicted octanol–water partition coefficient (Wildman–Crippen LogP) is 3.00. The minimum absolute atomic E-state index is 0.0457. The van der Waals surface area contributed by atoms with Gasteiger partial charge in [-0.3, -0.25) is 0 Å². The molecular formula is C15H25N3O. The van der Waals surface area contributed by atoms with Gasteiger partial charge in [0, 0.05) is 12.5 Å². The van der Waals surface area contributed by atoms with E-state index in [-0.39, 0.29) is 5.41 Å². The summed E-state index contributed by atoms with van der Waals surface area (Å²) in [6.07, 6.45) is 7.53. The molecule has 3 unspecified atom stereocenters. The summed E-state index contributed by atoms with van der Waals surface area (Å²) in [6, 6.07) is 0. The van der Waals surface area contributed by atoms with Gasteiger partial charge < -0.3 is 9.84 Å². The van der Waals surface area contributed by atoms with Crippen molar-refractivity contribution in [2.24, 2.45) is 5.92 Å². The van der Waals surface area contributed by atoms with Gasteiger partial charge >= 0.3 is 0 Å². The summed E-state index contributed by atoms with van der Waals surface area (Å²) in [5.41, 5.74) is 0.0457. The van der Waals surface area contributed by atoms with Crippen LogP contribution in [0.4, 0.5) is 0 Å². The maximum atomic E-state index is 5.57. The van der Waals surface area contributed by atoms with Crippen molar-refractivity contribution in [2.75, 3.05) is 13.1 Å². The Bertz CT molecular complexity index is 423. The van der Waals surface area contributed by atoms with Crippen molar-refractivity contribution < 1.29 is 4.52 Å². The Balaban J connectivity index is 1.74. The molecule has 0 spiro atoms. The van der Waals surface area contributed by atoms with Gasteiger partial charge in [-0.05, 0) is 38.6 Å². The molecule has 1 aliphatic heterocycles. The maximum Gasteiger partial charge on any atom is 0.233 e. The molecule has 1 saturated carbocycles. The molecule has 1 aromatic heterocycles. The summed E-state index contributed by atoms with van der Waals surface area (Å²) in [4.78, 5) is 4.74. The first-order valence-corrected chi connectivity index (χ1v) is 7.76. The Hall–Kier alpha value is -0.900. The zero-order valence-corrected chi connectivity index (χ0v) is 12.1. The first kappa shape index (κ1) is 13.1. The van der Waals surface area contributed by atoms with E-state index in [1.807, 2.05) is 0 Å². The molecule has 2 aliphatic rings. The third-order valence-corrected chi connectivity index (χ3v) is 5.05. The van der Waals surface area contributed by atoms with Crippen molar-refractivity contribution in [1.82, 2.24) is 15.5 Å². The van der Waals surface area contributed by atoms with Crippen molar-refractivity contribution in [3.05, 3.63) is 11.7 Å². The van der Waals surface area contributed by atoms with Crippen molar-refractivity contribution in [3.8, 4) is 0 Å². The molecular weight excluding hydrogens is 238 g/mol. The van der Waals surface area contributed by atoms with Crippen LogP contribution in [0.15, 0.2) is 4.52 Å². The maximum absolute atomic E-state index is 5.57. The minimum atomic E-state index is 0.0457. The first-order chi connectivity index (χ1) is 9.21. The standard InChI is InChI=1S/C15H25N3O/c1-3-11-5-4-6-12(9-11)13-17-14(19-18-13)15(2)7-8-16-10-15/h11-12,16H,3-10H2,1-2H3. The Morgan fingerprint density at radius 2 is 2.32 bits per heavy atom. The van der Waals surface area contributed by atoms with E-state index in [9.17, 15) is 0 Å². The summed E-state index contributed by atoms with van der Waals surface area (Å²) in [5, 5.41) is 7.67. The smallest absolute Gasteiger partial charge is 0.233 e. The van der Waals surface area contributed by atoms with Gasteiger partial charge in [-0.2, -0.15) is 4.98 Å². The molecule has 106 valence electrons. The van der Waals surface area contributed by atoms with E-state index in [2.05, 4.69) is 24.3 Å². The molecule has 0 amide bonds. The summed E-state index contributed by atoms with van der Waals surface area (Å²) < 4.78 is 5.57. The summed E-state index contributed by atoms with van der Waals surface area (Å²) in [7, 11) is 0. The highest BCUT2D eigenvalue weighted by Gasteiger charge is 2.37. The zero-order valence-electron chi connectivity index (χ0n) is 12.1. The third kappa shape index (κ3) is 2.55. The molecule has 4 heteroatoms. The number of rotatable bonds is 3. The van der Waals surface area contributed by atoms with Crippen molar-refractivity contribution in [2.45, 2.75) is 63.7 Å². The average Bonchev–Trinajstić information content (AvgIpc) is 3.08. The number of hydrogen-bond donors (Lipinski definition) is 1. The summed E-state index contributed by atoms with van der Waals surface area (Å²) >= 11 is 0. The van der Waals surface area contributed by atoms with E-state index in [1.165, 1.54) is 32.1 Å². The third-order valence-electron chi connectivity index (χ3n) is 5.05. The van der Waals surface area contributed by atoms with Gasteiger partial charge in [0.05, 0.1) is 5.41 Å². The number of nitrogens with zero attached hydrogens (tertiary/aromatic N) is 2. The number of aromatic nitrogens is 2. The average molecular weight is 263 g/mol. The fourth-order valence-corrected chi connectivity index (χ4v) is 3.54. The SMILES string of the molecule is CCC1CCCC(c2noc(C3(C)CCNC3)n2)C1. The van der Waals surface area contributed by atoms with E-state index in [0.717, 1.165) is 37.1 Å². The molecule has 4 nitrogen and oxygen atoms in total. The predicted molar refractivity (Wildman–Crippen MR) is 74.1 cm³/mol. The van der Waals surface area contributed by atoms with Gasteiger partial charge in [-0.25, -0.2) is 0 Å². The van der Waals surface area contributed by atoms with Crippen LogP contribution in [0.25, 0.3) is 0 Å². The summed E-state index contributed by atoms with van der Waals surface area (Å²) in [6.45, 7) is 6.52. The van der Waals surface area contributed by atoms with Crippen LogP contribution in [-0.4, -0.2) is 23.2 Å². The molecule has 1 aliphatic carbocycles. The van der Waals surface area contributed by atoms with Crippen LogP contribution in [0.2, 0.25) is 0 Å². The lowest BCUT2D eigenvalue weighted by Gasteiger charge is -2.26. The molecule has 3 rings (SSSR count). The Labute approximate surface area is 115 Å². The van der Waals surface area contributed by atoms with Gasteiger partial charge in [0.1, 0.15) is 0 Å². The molecule has 1 N–H and O–H groups in total. The van der Waals surface area contributed by atoms with Gasteiger partial charge in [0.2, 0.25) is 5.89 Å². The van der Waals surface area contributed by atoms with Gasteiger partial charge in [0.15, 0.2) is 5.82 Å². The lowest BCUT2D eigenvalue weighted by molar-refractivity contribution is 0.287. The van der Waals surface area contributed by atoms with E-state index in [1.54, 1.807) is 0 Å². The molecule has 19 heavy (non-hydrogen) atoms. The number of nitrogens with one attached hydrogen (secondary N) is 1. The van der Waals surface area contributed by atoms with Crippen LogP contribution in [0.1, 0.15) is 70.0 Å². The second-order valence-electron chi connectivity index (χ2n) is 6.58. The van der Waals surface area contributed by atoms with Crippen molar-refractivity contribution >= 4 is 0 Å².